The Kier molecular flexibility index (Phi) is 7.01. The van der Waals surface area contributed by atoms with Gasteiger partial charge in [0.05, 0.1) is 0 Å². The third kappa shape index (κ3) is 5.04. The van der Waals surface area contributed by atoms with Crippen LogP contribution in [-0.2, 0) is 0 Å². The Morgan fingerprint density at radius 3 is 1.22 bits per heavy atom. The Bertz CT molecular complexity index is 4400. The lowest BCUT2D eigenvalue weighted by Crippen LogP contribution is -1.88. The fourth-order valence-corrected chi connectivity index (χ4v) is 11.4. The van der Waals surface area contributed by atoms with Crippen molar-refractivity contribution in [1.29, 1.82) is 0 Å². The van der Waals surface area contributed by atoms with Gasteiger partial charge in [-0.1, -0.05) is 188 Å². The first kappa shape index (κ1) is 35.0. The van der Waals surface area contributed by atoms with Crippen LogP contribution in [0.3, 0.4) is 0 Å². The number of furan rings is 1. The van der Waals surface area contributed by atoms with Gasteiger partial charge >= 0.3 is 0 Å². The predicted molar refractivity (Wildman–Crippen MR) is 278 cm³/mol. The van der Waals surface area contributed by atoms with Gasteiger partial charge in [0.1, 0.15) is 11.2 Å². The van der Waals surface area contributed by atoms with Crippen LogP contribution in [0.4, 0.5) is 0 Å². The second kappa shape index (κ2) is 13.0. The van der Waals surface area contributed by atoms with E-state index in [2.05, 4.69) is 218 Å². The summed E-state index contributed by atoms with van der Waals surface area (Å²) in [5.74, 6) is 0. The lowest BCUT2D eigenvalue weighted by atomic mass is 9.89. The normalized spacial score (nSPS) is 12.3. The molecule has 1 heteroatoms. The van der Waals surface area contributed by atoms with Gasteiger partial charge < -0.3 is 4.42 Å². The molecular weight excluding hydrogens is 785 g/mol. The van der Waals surface area contributed by atoms with Gasteiger partial charge in [-0.05, 0) is 156 Å². The summed E-state index contributed by atoms with van der Waals surface area (Å²) in [6.45, 7) is 0. The van der Waals surface area contributed by atoms with E-state index in [1.165, 1.54) is 114 Å². The molecule has 1 nitrogen and oxygen atoms in total. The minimum atomic E-state index is 0.907. The highest BCUT2D eigenvalue weighted by Crippen LogP contribution is 2.46. The minimum absolute atomic E-state index is 0.907. The highest BCUT2D eigenvalue weighted by molar-refractivity contribution is 6.27. The molecule has 1 heterocycles. The van der Waals surface area contributed by atoms with Crippen molar-refractivity contribution < 1.29 is 4.42 Å². The Hall–Kier alpha value is -8.52. The second-order valence-electron chi connectivity index (χ2n) is 18.0. The van der Waals surface area contributed by atoms with Crippen LogP contribution in [0.2, 0.25) is 0 Å². The first-order valence-electron chi connectivity index (χ1n) is 22.6. The molecule has 0 saturated heterocycles. The zero-order chi connectivity index (χ0) is 42.3. The van der Waals surface area contributed by atoms with Crippen LogP contribution in [0.15, 0.2) is 223 Å². The summed E-state index contributed by atoms with van der Waals surface area (Å²) in [4.78, 5) is 0. The maximum atomic E-state index is 6.92. The van der Waals surface area contributed by atoms with E-state index in [0.29, 0.717) is 0 Å². The fourth-order valence-electron chi connectivity index (χ4n) is 11.4. The molecule has 0 bridgehead atoms. The summed E-state index contributed by atoms with van der Waals surface area (Å²) in [5.41, 5.74) is 11.5. The monoisotopic (exact) mass is 820 g/mol. The van der Waals surface area contributed by atoms with Crippen molar-refractivity contribution in [2.45, 2.75) is 0 Å². The molecule has 298 valence electrons. The van der Waals surface area contributed by atoms with Crippen LogP contribution >= 0.6 is 0 Å². The van der Waals surface area contributed by atoms with Crippen molar-refractivity contribution in [3.8, 4) is 44.5 Å². The molecule has 0 saturated carbocycles. The standard InChI is InChI=1S/C64H36O/c1-2-6-48-36-58-57(34-47(48)5-1)63-56(40-17-15-39(16-18-40)52-29-24-46-22-20-42-8-4-10-44-26-32-55(52)62(46)60(42)44)35-50-33-49(27-30-53(50)64(63)65-58)37-11-13-38(14-12-37)51-28-23-45-21-19-41-7-3-9-43-25-31-54(51)61(45)59(41)43/h1-36H. The molecule has 0 fully saturated rings. The summed E-state index contributed by atoms with van der Waals surface area (Å²) in [6.07, 6.45) is 0. The molecular formula is C64H36O. The van der Waals surface area contributed by atoms with Gasteiger partial charge in [0, 0.05) is 16.2 Å². The summed E-state index contributed by atoms with van der Waals surface area (Å²) in [5, 5.41) is 22.6. The van der Waals surface area contributed by atoms with Crippen LogP contribution in [0, 0.1) is 0 Å². The van der Waals surface area contributed by atoms with Crippen molar-refractivity contribution >= 4 is 108 Å². The highest BCUT2D eigenvalue weighted by Gasteiger charge is 2.19. The van der Waals surface area contributed by atoms with Crippen molar-refractivity contribution in [2.24, 2.45) is 0 Å². The van der Waals surface area contributed by atoms with Gasteiger partial charge in [-0.3, -0.25) is 0 Å². The molecule has 0 aliphatic carbocycles. The van der Waals surface area contributed by atoms with Crippen LogP contribution in [0.5, 0.6) is 0 Å². The van der Waals surface area contributed by atoms with Crippen LogP contribution < -0.4 is 0 Å². The molecule has 0 amide bonds. The molecule has 65 heavy (non-hydrogen) atoms. The first-order chi connectivity index (χ1) is 32.2. The van der Waals surface area contributed by atoms with Crippen molar-refractivity contribution in [3.05, 3.63) is 218 Å². The highest BCUT2D eigenvalue weighted by atomic mass is 16.3. The van der Waals surface area contributed by atoms with Crippen molar-refractivity contribution in [3.63, 3.8) is 0 Å². The molecule has 0 N–H and O–H groups in total. The van der Waals surface area contributed by atoms with Crippen LogP contribution in [0.1, 0.15) is 0 Å². The number of hydrogen-bond donors (Lipinski definition) is 0. The summed E-state index contributed by atoms with van der Waals surface area (Å²) < 4.78 is 6.92. The van der Waals surface area contributed by atoms with E-state index in [-0.39, 0.29) is 0 Å². The molecule has 0 aliphatic rings. The van der Waals surface area contributed by atoms with E-state index in [9.17, 15) is 0 Å². The Morgan fingerprint density at radius 2 is 0.646 bits per heavy atom. The molecule has 0 aliphatic heterocycles. The zero-order valence-electron chi connectivity index (χ0n) is 35.2. The lowest BCUT2D eigenvalue weighted by molar-refractivity contribution is 0.673. The molecule has 15 rings (SSSR count). The van der Waals surface area contributed by atoms with Crippen molar-refractivity contribution in [1.82, 2.24) is 0 Å². The topological polar surface area (TPSA) is 13.1 Å². The van der Waals surface area contributed by atoms with Gasteiger partial charge in [0.2, 0.25) is 0 Å². The number of fused-ring (bicyclic) bond motifs is 6. The number of rotatable bonds is 4. The molecule has 0 unspecified atom stereocenters. The van der Waals surface area contributed by atoms with Gasteiger partial charge in [0.25, 0.3) is 0 Å². The van der Waals surface area contributed by atoms with Gasteiger partial charge in [0.15, 0.2) is 0 Å². The fraction of sp³-hybridized carbons (Fsp3) is 0. The average Bonchev–Trinajstić information content (AvgIpc) is 3.74. The van der Waals surface area contributed by atoms with Gasteiger partial charge in [-0.25, -0.2) is 0 Å². The van der Waals surface area contributed by atoms with Crippen LogP contribution in [0.25, 0.3) is 153 Å². The third-order valence-electron chi connectivity index (χ3n) is 14.5. The maximum Gasteiger partial charge on any atom is 0.143 e. The van der Waals surface area contributed by atoms with E-state index in [4.69, 9.17) is 4.42 Å². The Balaban J connectivity index is 0.872. The minimum Gasteiger partial charge on any atom is -0.455 e. The molecule has 0 radical (unpaired) electrons. The Labute approximate surface area is 373 Å². The average molecular weight is 821 g/mol. The van der Waals surface area contributed by atoms with Crippen LogP contribution in [-0.4, -0.2) is 0 Å². The molecule has 15 aromatic rings. The van der Waals surface area contributed by atoms with E-state index in [1.807, 2.05) is 0 Å². The summed E-state index contributed by atoms with van der Waals surface area (Å²) in [7, 11) is 0. The largest absolute Gasteiger partial charge is 0.455 e. The van der Waals surface area contributed by atoms with Crippen molar-refractivity contribution in [2.75, 3.05) is 0 Å². The summed E-state index contributed by atoms with van der Waals surface area (Å²) >= 11 is 0. The zero-order valence-corrected chi connectivity index (χ0v) is 35.2. The second-order valence-corrected chi connectivity index (χ2v) is 18.0. The first-order valence-corrected chi connectivity index (χ1v) is 22.6. The van der Waals surface area contributed by atoms with E-state index >= 15 is 0 Å². The van der Waals surface area contributed by atoms with Gasteiger partial charge in [-0.2, -0.15) is 0 Å². The maximum absolute atomic E-state index is 6.92. The molecule has 14 aromatic carbocycles. The van der Waals surface area contributed by atoms with E-state index in [0.717, 1.165) is 38.3 Å². The predicted octanol–water partition coefficient (Wildman–Crippen LogP) is 18.4. The van der Waals surface area contributed by atoms with E-state index in [1.54, 1.807) is 0 Å². The van der Waals surface area contributed by atoms with E-state index < -0.39 is 0 Å². The Morgan fingerprint density at radius 1 is 0.215 bits per heavy atom. The molecule has 0 spiro atoms. The SMILES string of the molecule is c1ccc2cc3c(cc2c1)oc1c2ccc(-c4ccc(-c5ccc6ccc7cccc8ccc5c6c78)cc4)cc2cc(-c2ccc(-c4ccc5ccc6cccc7ccc4c5c67)cc2)c31. The lowest BCUT2D eigenvalue weighted by Gasteiger charge is -2.15. The summed E-state index contributed by atoms with van der Waals surface area (Å²) in [6, 6.07) is 81.2. The van der Waals surface area contributed by atoms with Gasteiger partial charge in [-0.15, -0.1) is 0 Å². The number of hydrogen-bond acceptors (Lipinski definition) is 1. The quantitative estimate of drug-likeness (QED) is 0.161. The smallest absolute Gasteiger partial charge is 0.143 e. The third-order valence-corrected chi connectivity index (χ3v) is 14.5. The molecule has 0 atom stereocenters. The molecule has 1 aromatic heterocycles. The number of benzene rings is 14.